The van der Waals surface area contributed by atoms with Crippen molar-refractivity contribution in [3.05, 3.63) is 62.5 Å². The van der Waals surface area contributed by atoms with Gasteiger partial charge in [-0.25, -0.2) is 0 Å². The predicted molar refractivity (Wildman–Crippen MR) is 102 cm³/mol. The summed E-state index contributed by atoms with van der Waals surface area (Å²) in [5.74, 6) is -1.33. The van der Waals surface area contributed by atoms with Gasteiger partial charge in [-0.1, -0.05) is 50.9 Å². The van der Waals surface area contributed by atoms with E-state index >= 15 is 0 Å². The predicted octanol–water partition coefficient (Wildman–Crippen LogP) is 4.69. The second-order valence-corrected chi connectivity index (χ2v) is 8.74. The van der Waals surface area contributed by atoms with Gasteiger partial charge < -0.3 is 4.74 Å². The number of carbonyl (C=O) groups is 3. The molecule has 132 valence electrons. The fraction of sp³-hybridized carbons (Fsp3) is 0.250. The average molecular weight is 478 g/mol. The molecule has 1 saturated carbocycles. The summed E-state index contributed by atoms with van der Waals surface area (Å²) in [6.45, 7) is 3.05. The van der Waals surface area contributed by atoms with Crippen molar-refractivity contribution in [2.45, 2.75) is 19.8 Å². The van der Waals surface area contributed by atoms with Crippen LogP contribution in [0.25, 0.3) is 0 Å². The third-order valence-corrected chi connectivity index (χ3v) is 6.71. The molecule has 0 aromatic heterocycles. The number of halogens is 2. The normalized spacial score (nSPS) is 28.6. The molecule has 2 aliphatic rings. The minimum atomic E-state index is -1.47. The van der Waals surface area contributed by atoms with Crippen LogP contribution in [0.4, 0.5) is 0 Å². The van der Waals surface area contributed by atoms with Gasteiger partial charge in [0.05, 0.1) is 5.41 Å². The lowest BCUT2D eigenvalue weighted by atomic mass is 9.85. The summed E-state index contributed by atoms with van der Waals surface area (Å²) in [4.78, 5) is 38.8. The van der Waals surface area contributed by atoms with Gasteiger partial charge >= 0.3 is 5.97 Å². The minimum Gasteiger partial charge on any atom is -0.425 e. The molecule has 0 bridgehead atoms. The lowest BCUT2D eigenvalue weighted by molar-refractivity contribution is -0.147. The first-order chi connectivity index (χ1) is 12.2. The van der Waals surface area contributed by atoms with Gasteiger partial charge in [-0.05, 0) is 37.3 Å². The van der Waals surface area contributed by atoms with Crippen molar-refractivity contribution in [2.24, 2.45) is 10.8 Å². The van der Waals surface area contributed by atoms with Gasteiger partial charge in [0.1, 0.15) is 16.9 Å². The molecule has 0 amide bonds. The zero-order valence-corrected chi connectivity index (χ0v) is 17.2. The number of ether oxygens (including phenoxy) is 1. The van der Waals surface area contributed by atoms with Crippen molar-refractivity contribution in [3.63, 3.8) is 0 Å². The fourth-order valence-corrected chi connectivity index (χ4v) is 5.08. The maximum atomic E-state index is 13.4. The minimum absolute atomic E-state index is 0.227. The van der Waals surface area contributed by atoms with Crippen LogP contribution in [0.3, 0.4) is 0 Å². The molecule has 1 fully saturated rings. The Morgan fingerprint density at radius 2 is 1.65 bits per heavy atom. The second-order valence-electron chi connectivity index (χ2n) is 6.91. The van der Waals surface area contributed by atoms with E-state index in [0.717, 1.165) is 8.95 Å². The molecule has 6 heteroatoms. The number of carbonyl (C=O) groups excluding carboxylic acids is 3. The molecule has 2 aromatic carbocycles. The Kier molecular flexibility index (Phi) is 3.80. The lowest BCUT2D eigenvalue weighted by Gasteiger charge is -2.21. The molecule has 0 spiro atoms. The molecule has 1 aliphatic carbocycles. The first-order valence-corrected chi connectivity index (χ1v) is 9.66. The van der Waals surface area contributed by atoms with Crippen molar-refractivity contribution < 1.29 is 19.1 Å². The van der Waals surface area contributed by atoms with E-state index in [1.54, 1.807) is 43.3 Å². The van der Waals surface area contributed by atoms with Gasteiger partial charge in [0.15, 0.2) is 5.78 Å². The molecule has 4 rings (SSSR count). The van der Waals surface area contributed by atoms with Gasteiger partial charge in [-0.15, -0.1) is 0 Å². The number of hydrogen-bond donors (Lipinski definition) is 0. The fourth-order valence-electron chi connectivity index (χ4n) is 4.44. The van der Waals surface area contributed by atoms with Gasteiger partial charge in [0.25, 0.3) is 0 Å². The average Bonchev–Trinajstić information content (AvgIpc) is 3.20. The highest BCUT2D eigenvalue weighted by molar-refractivity contribution is 9.10. The number of ketones is 2. The zero-order valence-electron chi connectivity index (χ0n) is 14.0. The van der Waals surface area contributed by atoms with E-state index in [2.05, 4.69) is 31.9 Å². The summed E-state index contributed by atoms with van der Waals surface area (Å²) in [7, 11) is 0. The van der Waals surface area contributed by atoms with Crippen molar-refractivity contribution in [2.75, 3.05) is 0 Å². The van der Waals surface area contributed by atoms with Crippen LogP contribution in [0, 0.1) is 10.8 Å². The molecule has 0 N–H and O–H groups in total. The maximum absolute atomic E-state index is 13.4. The summed E-state index contributed by atoms with van der Waals surface area (Å²) in [5, 5.41) is 0. The molecule has 2 aromatic rings. The summed E-state index contributed by atoms with van der Waals surface area (Å²) >= 11 is 6.77. The Labute approximate surface area is 167 Å². The number of hydrogen-bond acceptors (Lipinski definition) is 4. The van der Waals surface area contributed by atoms with Crippen LogP contribution in [-0.2, 0) is 9.59 Å². The summed E-state index contributed by atoms with van der Waals surface area (Å²) in [6, 6.07) is 12.2. The van der Waals surface area contributed by atoms with Crippen molar-refractivity contribution in [1.29, 1.82) is 0 Å². The van der Waals surface area contributed by atoms with Crippen molar-refractivity contribution >= 4 is 49.4 Å². The Balaban J connectivity index is 1.91. The molecule has 3 atom stereocenters. The van der Waals surface area contributed by atoms with Crippen LogP contribution in [0.1, 0.15) is 35.7 Å². The third kappa shape index (κ3) is 2.03. The van der Waals surface area contributed by atoms with Crippen LogP contribution in [0.15, 0.2) is 51.4 Å². The van der Waals surface area contributed by atoms with Crippen molar-refractivity contribution in [3.8, 4) is 5.75 Å². The Morgan fingerprint density at radius 1 is 1.04 bits per heavy atom. The topological polar surface area (TPSA) is 60.4 Å². The van der Waals surface area contributed by atoms with E-state index < -0.39 is 22.7 Å². The Morgan fingerprint density at radius 3 is 2.27 bits per heavy atom. The quantitative estimate of drug-likeness (QED) is 0.278. The lowest BCUT2D eigenvalue weighted by Crippen LogP contribution is -2.37. The van der Waals surface area contributed by atoms with E-state index in [1.165, 1.54) is 6.92 Å². The molecular formula is C20H14Br2O4. The van der Waals surface area contributed by atoms with E-state index in [-0.39, 0.29) is 11.6 Å². The molecule has 0 radical (unpaired) electrons. The largest absolute Gasteiger partial charge is 0.425 e. The third-order valence-electron chi connectivity index (χ3n) is 5.69. The van der Waals surface area contributed by atoms with Gasteiger partial charge in [0.2, 0.25) is 0 Å². The number of benzene rings is 2. The highest BCUT2D eigenvalue weighted by Gasteiger charge is 2.86. The molecule has 1 aliphatic heterocycles. The number of Topliss-reactive ketones (excluding diaryl/α,β-unsaturated/α-hetero) is 2. The molecule has 26 heavy (non-hydrogen) atoms. The highest BCUT2D eigenvalue weighted by atomic mass is 79.9. The molecule has 0 unspecified atom stereocenters. The van der Waals surface area contributed by atoms with Crippen LogP contribution in [0.5, 0.6) is 5.75 Å². The molecule has 0 saturated heterocycles. The first kappa shape index (κ1) is 17.6. The highest BCUT2D eigenvalue weighted by Crippen LogP contribution is 2.78. The second kappa shape index (κ2) is 5.60. The summed E-state index contributed by atoms with van der Waals surface area (Å²) < 4.78 is 7.12. The summed E-state index contributed by atoms with van der Waals surface area (Å²) in [5.41, 5.74) is -1.46. The Bertz CT molecular complexity index is 982. The van der Waals surface area contributed by atoms with Crippen LogP contribution < -0.4 is 4.74 Å². The molecular weight excluding hydrogens is 464 g/mol. The van der Waals surface area contributed by atoms with Gasteiger partial charge in [-0.3, -0.25) is 14.4 Å². The smallest absolute Gasteiger partial charge is 0.326 e. The zero-order chi connectivity index (χ0) is 18.9. The molecule has 4 nitrogen and oxygen atoms in total. The van der Waals surface area contributed by atoms with E-state index in [0.29, 0.717) is 16.9 Å². The first-order valence-electron chi connectivity index (χ1n) is 8.07. The monoisotopic (exact) mass is 476 g/mol. The molecule has 1 heterocycles. The van der Waals surface area contributed by atoms with Crippen LogP contribution >= 0.6 is 31.9 Å². The number of rotatable bonds is 3. The van der Waals surface area contributed by atoms with E-state index in [9.17, 15) is 14.4 Å². The maximum Gasteiger partial charge on any atom is 0.326 e. The number of fused-ring (bicyclic) bond motifs is 3. The van der Waals surface area contributed by atoms with Crippen LogP contribution in [0.2, 0.25) is 0 Å². The van der Waals surface area contributed by atoms with Crippen molar-refractivity contribution in [1.82, 2.24) is 0 Å². The SMILES string of the molecule is CC(=O)[C@]12C(=O)Oc3ccc(Br)cc3[C@@H]1[C@]2(C)C(=O)c1ccc(Br)cc1. The summed E-state index contributed by atoms with van der Waals surface area (Å²) in [6.07, 6.45) is 0. The van der Waals surface area contributed by atoms with Gasteiger partial charge in [-0.2, -0.15) is 0 Å². The van der Waals surface area contributed by atoms with Gasteiger partial charge in [0, 0.05) is 26.0 Å². The number of esters is 1. The van der Waals surface area contributed by atoms with E-state index in [4.69, 9.17) is 4.74 Å². The van der Waals surface area contributed by atoms with Crippen LogP contribution in [-0.4, -0.2) is 17.5 Å². The standard InChI is InChI=1S/C20H14Br2O4/c1-10(23)20-16(14-9-13(22)7-8-15(14)26-18(20)25)19(20,2)17(24)11-3-5-12(21)6-4-11/h3-9,16H,1-2H3/t16-,19-,20-/m1/s1. The Hall–Kier alpha value is -1.79. The van der Waals surface area contributed by atoms with E-state index in [1.807, 2.05) is 6.07 Å².